The van der Waals surface area contributed by atoms with Crippen LogP contribution in [0.3, 0.4) is 0 Å². The number of hydrogen-bond acceptors (Lipinski definition) is 2. The second-order valence-corrected chi connectivity index (χ2v) is 4.00. The Morgan fingerprint density at radius 3 is 2.69 bits per heavy atom. The molecule has 0 radical (unpaired) electrons. The summed E-state index contributed by atoms with van der Waals surface area (Å²) in [5, 5.41) is 12.0. The molecule has 1 unspecified atom stereocenters. The number of aliphatic imine (C=N–C) groups is 1. The van der Waals surface area contributed by atoms with Crippen molar-refractivity contribution in [1.29, 1.82) is 0 Å². The molecular formula is C12H19N3O. The lowest BCUT2D eigenvalue weighted by atomic mass is 10.1. The van der Waals surface area contributed by atoms with Gasteiger partial charge in [-0.2, -0.15) is 0 Å². The van der Waals surface area contributed by atoms with E-state index in [1.807, 2.05) is 25.1 Å². The molecule has 0 aromatic heterocycles. The molecule has 0 aliphatic heterocycles. The summed E-state index contributed by atoms with van der Waals surface area (Å²) in [7, 11) is 0. The highest BCUT2D eigenvalue weighted by atomic mass is 16.3. The van der Waals surface area contributed by atoms with Gasteiger partial charge in [0.05, 0.1) is 12.6 Å². The lowest BCUT2D eigenvalue weighted by Gasteiger charge is -2.08. The molecule has 0 amide bonds. The van der Waals surface area contributed by atoms with Gasteiger partial charge in [-0.15, -0.1) is 0 Å². The summed E-state index contributed by atoms with van der Waals surface area (Å²) < 4.78 is 0. The normalized spacial score (nSPS) is 13.6. The van der Waals surface area contributed by atoms with E-state index < -0.39 is 6.10 Å². The molecule has 88 valence electrons. The highest BCUT2D eigenvalue weighted by molar-refractivity contribution is 5.92. The summed E-state index contributed by atoms with van der Waals surface area (Å²) in [6.45, 7) is 6.09. The number of hydrogen-bond donors (Lipinski definition) is 3. The van der Waals surface area contributed by atoms with Crippen LogP contribution in [-0.4, -0.2) is 23.7 Å². The van der Waals surface area contributed by atoms with Gasteiger partial charge in [0.15, 0.2) is 5.96 Å². The van der Waals surface area contributed by atoms with Gasteiger partial charge in [-0.1, -0.05) is 6.07 Å². The topological polar surface area (TPSA) is 70.6 Å². The molecule has 4 nitrogen and oxygen atoms in total. The van der Waals surface area contributed by atoms with Gasteiger partial charge in [0.2, 0.25) is 0 Å². The molecule has 0 saturated carbocycles. The standard InChI is InChI=1S/C12H19N3O/c1-8-4-5-11(6-9(8)2)15-12(13)14-7-10(3)16/h4-6,10,16H,7H2,1-3H3,(H3,13,14,15). The third-order valence-electron chi connectivity index (χ3n) is 2.31. The molecule has 1 aromatic carbocycles. The number of aliphatic hydroxyl groups is 1. The average Bonchev–Trinajstić information content (AvgIpc) is 2.21. The van der Waals surface area contributed by atoms with Crippen LogP contribution in [-0.2, 0) is 0 Å². The third kappa shape index (κ3) is 3.90. The second-order valence-electron chi connectivity index (χ2n) is 4.00. The largest absolute Gasteiger partial charge is 0.391 e. The zero-order valence-electron chi connectivity index (χ0n) is 9.99. The molecule has 16 heavy (non-hydrogen) atoms. The molecule has 0 aliphatic carbocycles. The van der Waals surface area contributed by atoms with Crippen molar-refractivity contribution in [3.63, 3.8) is 0 Å². The predicted octanol–water partition coefficient (Wildman–Crippen LogP) is 1.41. The molecule has 0 heterocycles. The van der Waals surface area contributed by atoms with E-state index in [1.54, 1.807) is 6.92 Å². The van der Waals surface area contributed by atoms with Gasteiger partial charge in [-0.05, 0) is 44.0 Å². The summed E-state index contributed by atoms with van der Waals surface area (Å²) in [6, 6.07) is 5.99. The Morgan fingerprint density at radius 1 is 1.44 bits per heavy atom. The van der Waals surface area contributed by atoms with Crippen LogP contribution in [0, 0.1) is 13.8 Å². The van der Waals surface area contributed by atoms with Gasteiger partial charge >= 0.3 is 0 Å². The van der Waals surface area contributed by atoms with Crippen LogP contribution in [0.25, 0.3) is 0 Å². The summed E-state index contributed by atoms with van der Waals surface area (Å²) in [5.41, 5.74) is 9.02. The first-order valence-electron chi connectivity index (χ1n) is 5.31. The van der Waals surface area contributed by atoms with Gasteiger partial charge in [0.25, 0.3) is 0 Å². The van der Waals surface area contributed by atoms with E-state index in [1.165, 1.54) is 11.1 Å². The molecule has 4 heteroatoms. The number of anilines is 1. The quantitative estimate of drug-likeness (QED) is 0.534. The number of benzene rings is 1. The smallest absolute Gasteiger partial charge is 0.193 e. The zero-order chi connectivity index (χ0) is 12.1. The Labute approximate surface area is 96.2 Å². The van der Waals surface area contributed by atoms with E-state index in [9.17, 15) is 0 Å². The van der Waals surface area contributed by atoms with Crippen LogP contribution in [0.4, 0.5) is 5.69 Å². The van der Waals surface area contributed by atoms with Gasteiger partial charge in [0, 0.05) is 5.69 Å². The number of rotatable bonds is 3. The van der Waals surface area contributed by atoms with Crippen LogP contribution in [0.1, 0.15) is 18.1 Å². The van der Waals surface area contributed by atoms with Crippen molar-refractivity contribution in [3.8, 4) is 0 Å². The molecule has 1 atom stereocenters. The van der Waals surface area contributed by atoms with Crippen molar-refractivity contribution in [2.45, 2.75) is 26.9 Å². The van der Waals surface area contributed by atoms with Crippen LogP contribution >= 0.6 is 0 Å². The minimum Gasteiger partial charge on any atom is -0.391 e. The minimum absolute atomic E-state index is 0.309. The van der Waals surface area contributed by atoms with Gasteiger partial charge in [-0.25, -0.2) is 0 Å². The highest BCUT2D eigenvalue weighted by Gasteiger charge is 1.98. The number of aliphatic hydroxyl groups excluding tert-OH is 1. The summed E-state index contributed by atoms with van der Waals surface area (Å²) in [4.78, 5) is 4.00. The Kier molecular flexibility index (Phi) is 4.31. The molecule has 0 fully saturated rings. The lowest BCUT2D eigenvalue weighted by Crippen LogP contribution is -2.24. The van der Waals surface area contributed by atoms with E-state index in [-0.39, 0.29) is 0 Å². The molecule has 1 aromatic rings. The van der Waals surface area contributed by atoms with Gasteiger partial charge in [-0.3, -0.25) is 4.99 Å². The van der Waals surface area contributed by atoms with E-state index in [0.717, 1.165) is 5.69 Å². The summed E-state index contributed by atoms with van der Waals surface area (Å²) >= 11 is 0. The Balaban J connectivity index is 2.66. The Morgan fingerprint density at radius 2 is 2.12 bits per heavy atom. The average molecular weight is 221 g/mol. The Bertz CT molecular complexity index is 386. The molecule has 1 rings (SSSR count). The fourth-order valence-electron chi connectivity index (χ4n) is 1.24. The van der Waals surface area contributed by atoms with Crippen molar-refractivity contribution in [2.75, 3.05) is 11.9 Å². The second kappa shape index (κ2) is 5.51. The van der Waals surface area contributed by atoms with Gasteiger partial charge < -0.3 is 16.2 Å². The van der Waals surface area contributed by atoms with Crippen molar-refractivity contribution < 1.29 is 5.11 Å². The number of nitrogens with zero attached hydrogens (tertiary/aromatic N) is 1. The maximum atomic E-state index is 9.06. The van der Waals surface area contributed by atoms with E-state index in [4.69, 9.17) is 10.8 Å². The molecule has 0 aliphatic rings. The number of aryl methyl sites for hydroxylation is 2. The first-order chi connectivity index (χ1) is 7.49. The van der Waals surface area contributed by atoms with Crippen molar-refractivity contribution in [2.24, 2.45) is 10.7 Å². The number of guanidine groups is 1. The summed E-state index contributed by atoms with van der Waals surface area (Å²) in [6.07, 6.45) is -0.472. The lowest BCUT2D eigenvalue weighted by molar-refractivity contribution is 0.204. The third-order valence-corrected chi connectivity index (χ3v) is 2.31. The van der Waals surface area contributed by atoms with Crippen LogP contribution < -0.4 is 11.1 Å². The van der Waals surface area contributed by atoms with Crippen molar-refractivity contribution >= 4 is 11.6 Å². The number of nitrogens with two attached hydrogens (primary N) is 1. The maximum absolute atomic E-state index is 9.06. The fourth-order valence-corrected chi connectivity index (χ4v) is 1.24. The van der Waals surface area contributed by atoms with Crippen molar-refractivity contribution in [3.05, 3.63) is 29.3 Å². The molecule has 0 saturated heterocycles. The summed E-state index contributed by atoms with van der Waals surface area (Å²) in [5.74, 6) is 0.323. The monoisotopic (exact) mass is 221 g/mol. The molecule has 4 N–H and O–H groups in total. The van der Waals surface area contributed by atoms with Gasteiger partial charge in [0.1, 0.15) is 0 Å². The van der Waals surface area contributed by atoms with E-state index in [2.05, 4.69) is 17.2 Å². The molecule has 0 spiro atoms. The van der Waals surface area contributed by atoms with E-state index >= 15 is 0 Å². The fraction of sp³-hybridized carbons (Fsp3) is 0.417. The first-order valence-corrected chi connectivity index (χ1v) is 5.31. The maximum Gasteiger partial charge on any atom is 0.193 e. The van der Waals surface area contributed by atoms with Crippen LogP contribution in [0.2, 0.25) is 0 Å². The highest BCUT2D eigenvalue weighted by Crippen LogP contribution is 2.13. The molecule has 0 bridgehead atoms. The van der Waals surface area contributed by atoms with Crippen LogP contribution in [0.5, 0.6) is 0 Å². The number of nitrogens with one attached hydrogen (secondary N) is 1. The molecular weight excluding hydrogens is 202 g/mol. The minimum atomic E-state index is -0.472. The predicted molar refractivity (Wildman–Crippen MR) is 67.7 cm³/mol. The SMILES string of the molecule is Cc1ccc(NC(N)=NCC(C)O)cc1C. The first kappa shape index (κ1) is 12.5. The van der Waals surface area contributed by atoms with Crippen LogP contribution in [0.15, 0.2) is 23.2 Å². The zero-order valence-corrected chi connectivity index (χ0v) is 9.99. The van der Waals surface area contributed by atoms with E-state index in [0.29, 0.717) is 12.5 Å². The Hall–Kier alpha value is -1.55. The van der Waals surface area contributed by atoms with Crippen molar-refractivity contribution in [1.82, 2.24) is 0 Å².